The fourth-order valence-corrected chi connectivity index (χ4v) is 4.07. The third kappa shape index (κ3) is 4.15. The van der Waals surface area contributed by atoms with Crippen LogP contribution in [0.15, 0.2) is 52.3 Å². The summed E-state index contributed by atoms with van der Waals surface area (Å²) < 4.78 is 53.4. The molecule has 0 saturated carbocycles. The smallest absolute Gasteiger partial charge is 0.339 e. The molecule has 2 rings (SSSR count). The molecule has 130 valence electrons. The SMILES string of the molecule is Cc1ccc(S(C)(=O)=O)cc1S(=O)(=O)Oc1ccc(C(C)C)cc1. The first kappa shape index (κ1) is 18.5. The lowest BCUT2D eigenvalue weighted by Gasteiger charge is -2.11. The molecule has 0 atom stereocenters. The zero-order valence-corrected chi connectivity index (χ0v) is 15.6. The van der Waals surface area contributed by atoms with Gasteiger partial charge in [-0.3, -0.25) is 0 Å². The van der Waals surface area contributed by atoms with E-state index in [0.29, 0.717) is 11.5 Å². The number of hydrogen-bond donors (Lipinski definition) is 0. The van der Waals surface area contributed by atoms with Crippen LogP contribution in [0.2, 0.25) is 0 Å². The lowest BCUT2D eigenvalue weighted by atomic mass is 10.0. The van der Waals surface area contributed by atoms with Crippen molar-refractivity contribution in [2.75, 3.05) is 6.26 Å². The zero-order chi connectivity index (χ0) is 18.1. The van der Waals surface area contributed by atoms with Crippen molar-refractivity contribution in [3.63, 3.8) is 0 Å². The monoisotopic (exact) mass is 368 g/mol. The van der Waals surface area contributed by atoms with Crippen molar-refractivity contribution in [1.82, 2.24) is 0 Å². The number of benzene rings is 2. The minimum absolute atomic E-state index is 0.0644. The van der Waals surface area contributed by atoms with Gasteiger partial charge in [0.05, 0.1) is 4.90 Å². The second kappa shape index (κ2) is 6.57. The van der Waals surface area contributed by atoms with Gasteiger partial charge in [0.2, 0.25) is 0 Å². The van der Waals surface area contributed by atoms with Gasteiger partial charge >= 0.3 is 10.1 Å². The molecule has 24 heavy (non-hydrogen) atoms. The Bertz CT molecular complexity index is 941. The molecule has 0 saturated heterocycles. The molecule has 5 nitrogen and oxygen atoms in total. The fraction of sp³-hybridized carbons (Fsp3) is 0.294. The Morgan fingerprint density at radius 3 is 2.00 bits per heavy atom. The quantitative estimate of drug-likeness (QED) is 0.757. The first-order chi connectivity index (χ1) is 11.0. The summed E-state index contributed by atoms with van der Waals surface area (Å²) in [7, 11) is -7.63. The maximum atomic E-state index is 12.5. The van der Waals surface area contributed by atoms with Gasteiger partial charge in [-0.2, -0.15) is 8.42 Å². The van der Waals surface area contributed by atoms with Crippen LogP contribution in [0.3, 0.4) is 0 Å². The third-order valence-electron chi connectivity index (χ3n) is 3.61. The molecule has 0 N–H and O–H groups in total. The highest BCUT2D eigenvalue weighted by atomic mass is 32.2. The van der Waals surface area contributed by atoms with E-state index in [1.54, 1.807) is 31.2 Å². The first-order valence-electron chi connectivity index (χ1n) is 7.36. The summed E-state index contributed by atoms with van der Waals surface area (Å²) in [5.74, 6) is 0.507. The van der Waals surface area contributed by atoms with E-state index in [1.165, 1.54) is 12.1 Å². The molecule has 0 fully saturated rings. The molecule has 0 bridgehead atoms. The first-order valence-corrected chi connectivity index (χ1v) is 10.7. The van der Waals surface area contributed by atoms with Gasteiger partial charge in [-0.25, -0.2) is 8.42 Å². The van der Waals surface area contributed by atoms with E-state index in [2.05, 4.69) is 0 Å². The van der Waals surface area contributed by atoms with Crippen LogP contribution in [0.25, 0.3) is 0 Å². The van der Waals surface area contributed by atoms with Gasteiger partial charge in [0, 0.05) is 6.26 Å². The van der Waals surface area contributed by atoms with Gasteiger partial charge < -0.3 is 4.18 Å². The number of sulfone groups is 1. The number of hydrogen-bond acceptors (Lipinski definition) is 5. The minimum Gasteiger partial charge on any atom is -0.379 e. The topological polar surface area (TPSA) is 77.5 Å². The van der Waals surface area contributed by atoms with Crippen LogP contribution in [0.4, 0.5) is 0 Å². The Morgan fingerprint density at radius 1 is 0.917 bits per heavy atom. The zero-order valence-electron chi connectivity index (χ0n) is 14.0. The summed E-state index contributed by atoms with van der Waals surface area (Å²) in [6.45, 7) is 5.66. The highest BCUT2D eigenvalue weighted by Crippen LogP contribution is 2.25. The molecular formula is C17H20O5S2. The van der Waals surface area contributed by atoms with Crippen LogP contribution >= 0.6 is 0 Å². The second-order valence-electron chi connectivity index (χ2n) is 5.96. The maximum Gasteiger partial charge on any atom is 0.339 e. The maximum absolute atomic E-state index is 12.5. The van der Waals surface area contributed by atoms with E-state index in [9.17, 15) is 16.8 Å². The average molecular weight is 368 g/mol. The third-order valence-corrected chi connectivity index (χ3v) is 6.11. The molecular weight excluding hydrogens is 348 g/mol. The summed E-state index contributed by atoms with van der Waals surface area (Å²) in [5.41, 5.74) is 1.48. The van der Waals surface area contributed by atoms with Crippen molar-refractivity contribution < 1.29 is 21.0 Å². The fourth-order valence-electron chi connectivity index (χ4n) is 2.16. The normalized spacial score (nSPS) is 12.4. The van der Waals surface area contributed by atoms with Gasteiger partial charge in [0.15, 0.2) is 9.84 Å². The lowest BCUT2D eigenvalue weighted by Crippen LogP contribution is -2.12. The number of aryl methyl sites for hydroxylation is 1. The lowest BCUT2D eigenvalue weighted by molar-refractivity contribution is 0.485. The molecule has 7 heteroatoms. The highest BCUT2D eigenvalue weighted by Gasteiger charge is 2.22. The molecule has 0 heterocycles. The van der Waals surface area contributed by atoms with Crippen LogP contribution < -0.4 is 4.18 Å². The molecule has 0 aliphatic rings. The molecule has 0 aliphatic carbocycles. The van der Waals surface area contributed by atoms with Crippen LogP contribution in [0, 0.1) is 6.92 Å². The van der Waals surface area contributed by atoms with Gasteiger partial charge in [-0.1, -0.05) is 32.0 Å². The standard InChI is InChI=1S/C17H20O5S2/c1-12(2)14-6-8-15(9-7-14)22-24(20,21)17-11-16(23(4,18)19)10-5-13(17)3/h5-12H,1-4H3. The van der Waals surface area contributed by atoms with E-state index in [-0.39, 0.29) is 15.5 Å². The largest absolute Gasteiger partial charge is 0.379 e. The van der Waals surface area contributed by atoms with E-state index >= 15 is 0 Å². The predicted octanol–water partition coefficient (Wildman–Crippen LogP) is 3.29. The van der Waals surface area contributed by atoms with E-state index < -0.39 is 20.0 Å². The average Bonchev–Trinajstić information content (AvgIpc) is 2.46. The predicted molar refractivity (Wildman–Crippen MR) is 92.6 cm³/mol. The van der Waals surface area contributed by atoms with Crippen molar-refractivity contribution in [3.05, 3.63) is 53.6 Å². The molecule has 0 amide bonds. The highest BCUT2D eigenvalue weighted by molar-refractivity contribution is 7.90. The summed E-state index contributed by atoms with van der Waals surface area (Å²) in [6, 6.07) is 10.7. The van der Waals surface area contributed by atoms with Gasteiger partial charge in [-0.05, 0) is 48.2 Å². The summed E-state index contributed by atoms with van der Waals surface area (Å²) in [4.78, 5) is -0.219. The van der Waals surface area contributed by atoms with E-state index in [1.807, 2.05) is 13.8 Å². The van der Waals surface area contributed by atoms with Gasteiger partial charge in [0.1, 0.15) is 10.6 Å². The van der Waals surface area contributed by atoms with Crippen molar-refractivity contribution in [2.24, 2.45) is 0 Å². The molecule has 2 aromatic rings. The Balaban J connectivity index is 2.40. The van der Waals surface area contributed by atoms with Crippen molar-refractivity contribution in [1.29, 1.82) is 0 Å². The number of rotatable bonds is 5. The second-order valence-corrected chi connectivity index (χ2v) is 9.49. The molecule has 0 unspecified atom stereocenters. The minimum atomic E-state index is -4.12. The molecule has 0 radical (unpaired) electrons. The summed E-state index contributed by atoms with van der Waals surface area (Å²) in [6.07, 6.45) is 1.03. The van der Waals surface area contributed by atoms with Crippen LogP contribution in [0.1, 0.15) is 30.9 Å². The van der Waals surface area contributed by atoms with E-state index in [0.717, 1.165) is 17.9 Å². The van der Waals surface area contributed by atoms with Crippen LogP contribution in [-0.4, -0.2) is 23.1 Å². The van der Waals surface area contributed by atoms with E-state index in [4.69, 9.17) is 4.18 Å². The van der Waals surface area contributed by atoms with Gasteiger partial charge in [0.25, 0.3) is 0 Å². The van der Waals surface area contributed by atoms with Crippen LogP contribution in [0.5, 0.6) is 5.75 Å². The summed E-state index contributed by atoms with van der Waals surface area (Å²) >= 11 is 0. The molecule has 0 aliphatic heterocycles. The van der Waals surface area contributed by atoms with Crippen molar-refractivity contribution in [3.8, 4) is 5.75 Å². The Morgan fingerprint density at radius 2 is 1.50 bits per heavy atom. The Kier molecular flexibility index (Phi) is 5.05. The molecule has 0 aromatic heterocycles. The Labute approximate surface area is 143 Å². The van der Waals surface area contributed by atoms with Crippen LogP contribution in [-0.2, 0) is 20.0 Å². The Hall–Kier alpha value is -1.86. The summed E-state index contributed by atoms with van der Waals surface area (Å²) in [5, 5.41) is 0. The van der Waals surface area contributed by atoms with Gasteiger partial charge in [-0.15, -0.1) is 0 Å². The molecule has 2 aromatic carbocycles. The van der Waals surface area contributed by atoms with Crippen molar-refractivity contribution >= 4 is 20.0 Å². The van der Waals surface area contributed by atoms with Crippen molar-refractivity contribution in [2.45, 2.75) is 36.5 Å². The molecule has 0 spiro atoms.